The summed E-state index contributed by atoms with van der Waals surface area (Å²) in [5, 5.41) is 0. The third kappa shape index (κ3) is 3.18. The molecule has 1 amide bonds. The maximum Gasteiger partial charge on any atom is 0.251 e. The van der Waals surface area contributed by atoms with E-state index in [1.54, 1.807) is 0 Å². The first kappa shape index (κ1) is 12.5. The average Bonchev–Trinajstić information content (AvgIpc) is 2.80. The first-order valence-electron chi connectivity index (χ1n) is 5.68. The fraction of sp³-hybridized carbons (Fsp3) is 0.909. The van der Waals surface area contributed by atoms with Crippen molar-refractivity contribution in [3.05, 3.63) is 0 Å². The molecule has 88 valence electrons. The van der Waals surface area contributed by atoms with Gasteiger partial charge in [0.25, 0.3) is 5.91 Å². The molecular formula is C11H23N3O. The minimum atomic E-state index is -0.109. The SMILES string of the molecule is CC(C)C(C(=O)NN)N(C)CC1CC1C. The van der Waals surface area contributed by atoms with E-state index in [2.05, 4.69) is 17.2 Å². The van der Waals surface area contributed by atoms with Crippen molar-refractivity contribution in [2.24, 2.45) is 23.6 Å². The third-order valence-corrected chi connectivity index (χ3v) is 3.32. The van der Waals surface area contributed by atoms with E-state index >= 15 is 0 Å². The van der Waals surface area contributed by atoms with Gasteiger partial charge in [-0.05, 0) is 31.2 Å². The number of hydrogen-bond acceptors (Lipinski definition) is 3. The summed E-state index contributed by atoms with van der Waals surface area (Å²) in [5.41, 5.74) is 2.25. The zero-order valence-corrected chi connectivity index (χ0v) is 10.2. The summed E-state index contributed by atoms with van der Waals surface area (Å²) < 4.78 is 0. The van der Waals surface area contributed by atoms with Crippen LogP contribution < -0.4 is 11.3 Å². The molecule has 0 heterocycles. The molecule has 1 saturated carbocycles. The minimum Gasteiger partial charge on any atom is -0.295 e. The number of likely N-dealkylation sites (N-methyl/N-ethyl adjacent to an activating group) is 1. The molecule has 4 heteroatoms. The molecule has 0 aromatic rings. The van der Waals surface area contributed by atoms with Gasteiger partial charge in [0.2, 0.25) is 0 Å². The van der Waals surface area contributed by atoms with Crippen molar-refractivity contribution in [1.29, 1.82) is 0 Å². The second-order valence-electron chi connectivity index (χ2n) is 5.11. The number of rotatable bonds is 5. The number of nitrogens with zero attached hydrogens (tertiary/aromatic N) is 1. The van der Waals surface area contributed by atoms with Crippen molar-refractivity contribution in [2.75, 3.05) is 13.6 Å². The summed E-state index contributed by atoms with van der Waals surface area (Å²) in [5.74, 6) is 6.98. The third-order valence-electron chi connectivity index (χ3n) is 3.32. The molecule has 0 saturated heterocycles. The van der Waals surface area contributed by atoms with Crippen LogP contribution in [0.2, 0.25) is 0 Å². The van der Waals surface area contributed by atoms with Gasteiger partial charge in [0, 0.05) is 6.54 Å². The van der Waals surface area contributed by atoms with Crippen LogP contribution in [-0.2, 0) is 4.79 Å². The standard InChI is InChI=1S/C11H23N3O/c1-7(2)10(11(15)13-12)14(4)6-9-5-8(9)3/h7-10H,5-6,12H2,1-4H3,(H,13,15). The van der Waals surface area contributed by atoms with E-state index in [1.807, 2.05) is 20.9 Å². The maximum absolute atomic E-state index is 11.6. The monoisotopic (exact) mass is 213 g/mol. The van der Waals surface area contributed by atoms with Crippen molar-refractivity contribution < 1.29 is 4.79 Å². The molecule has 0 spiro atoms. The van der Waals surface area contributed by atoms with Gasteiger partial charge in [-0.15, -0.1) is 0 Å². The molecule has 3 N–H and O–H groups in total. The van der Waals surface area contributed by atoms with Gasteiger partial charge in [-0.1, -0.05) is 20.8 Å². The summed E-state index contributed by atoms with van der Waals surface area (Å²) in [6, 6.07) is -0.109. The topological polar surface area (TPSA) is 58.4 Å². The average molecular weight is 213 g/mol. The fourth-order valence-electron chi connectivity index (χ4n) is 2.23. The van der Waals surface area contributed by atoms with Crippen LogP contribution in [0.1, 0.15) is 27.2 Å². The molecule has 0 aromatic carbocycles. The van der Waals surface area contributed by atoms with Crippen molar-refractivity contribution >= 4 is 5.91 Å². The van der Waals surface area contributed by atoms with Gasteiger partial charge in [0.1, 0.15) is 0 Å². The minimum absolute atomic E-state index is 0.0826. The van der Waals surface area contributed by atoms with Crippen LogP contribution in [0.15, 0.2) is 0 Å². The molecule has 3 unspecified atom stereocenters. The number of carbonyl (C=O) groups is 1. The highest BCUT2D eigenvalue weighted by Crippen LogP contribution is 2.38. The first-order valence-corrected chi connectivity index (χ1v) is 5.68. The maximum atomic E-state index is 11.6. The van der Waals surface area contributed by atoms with E-state index in [-0.39, 0.29) is 17.9 Å². The molecule has 0 radical (unpaired) electrons. The van der Waals surface area contributed by atoms with Gasteiger partial charge < -0.3 is 0 Å². The van der Waals surface area contributed by atoms with E-state index in [0.717, 1.165) is 18.4 Å². The summed E-state index contributed by atoms with van der Waals surface area (Å²) in [6.45, 7) is 7.35. The number of nitrogens with two attached hydrogens (primary N) is 1. The summed E-state index contributed by atoms with van der Waals surface area (Å²) in [7, 11) is 2.00. The van der Waals surface area contributed by atoms with Gasteiger partial charge in [-0.2, -0.15) is 0 Å². The molecule has 1 rings (SSSR count). The van der Waals surface area contributed by atoms with E-state index in [0.29, 0.717) is 0 Å². The van der Waals surface area contributed by atoms with E-state index in [1.165, 1.54) is 6.42 Å². The molecule has 0 aliphatic heterocycles. The van der Waals surface area contributed by atoms with Crippen molar-refractivity contribution in [2.45, 2.75) is 33.2 Å². The first-order chi connectivity index (χ1) is 6.97. The molecule has 1 fully saturated rings. The fourth-order valence-corrected chi connectivity index (χ4v) is 2.23. The van der Waals surface area contributed by atoms with Crippen LogP contribution in [0.5, 0.6) is 0 Å². The second kappa shape index (κ2) is 4.94. The number of nitrogens with one attached hydrogen (secondary N) is 1. The number of amides is 1. The molecule has 3 atom stereocenters. The predicted molar refractivity (Wildman–Crippen MR) is 60.9 cm³/mol. The Kier molecular flexibility index (Phi) is 4.11. The molecule has 0 aromatic heterocycles. The smallest absolute Gasteiger partial charge is 0.251 e. The molecule has 1 aliphatic rings. The lowest BCUT2D eigenvalue weighted by molar-refractivity contribution is -0.127. The summed E-state index contributed by atoms with van der Waals surface area (Å²) >= 11 is 0. The van der Waals surface area contributed by atoms with Crippen LogP contribution in [0.25, 0.3) is 0 Å². The molecule has 1 aliphatic carbocycles. The largest absolute Gasteiger partial charge is 0.295 e. The zero-order chi connectivity index (χ0) is 11.6. The Morgan fingerprint density at radius 2 is 2.13 bits per heavy atom. The van der Waals surface area contributed by atoms with E-state index in [9.17, 15) is 4.79 Å². The van der Waals surface area contributed by atoms with Gasteiger partial charge in [-0.25, -0.2) is 5.84 Å². The number of carbonyl (C=O) groups excluding carboxylic acids is 1. The Hall–Kier alpha value is -0.610. The Bertz CT molecular complexity index is 230. The quantitative estimate of drug-likeness (QED) is 0.399. The Morgan fingerprint density at radius 1 is 1.60 bits per heavy atom. The molecule has 0 bridgehead atoms. The van der Waals surface area contributed by atoms with Crippen LogP contribution >= 0.6 is 0 Å². The predicted octanol–water partition coefficient (Wildman–Crippen LogP) is 0.589. The molecular weight excluding hydrogens is 190 g/mol. The lowest BCUT2D eigenvalue weighted by Crippen LogP contribution is -2.50. The lowest BCUT2D eigenvalue weighted by Gasteiger charge is -2.29. The van der Waals surface area contributed by atoms with Gasteiger partial charge >= 0.3 is 0 Å². The Labute approximate surface area is 92.2 Å². The normalized spacial score (nSPS) is 26.9. The van der Waals surface area contributed by atoms with Crippen LogP contribution in [-0.4, -0.2) is 30.4 Å². The van der Waals surface area contributed by atoms with E-state index in [4.69, 9.17) is 5.84 Å². The van der Waals surface area contributed by atoms with Crippen molar-refractivity contribution in [3.8, 4) is 0 Å². The molecule has 4 nitrogen and oxygen atoms in total. The lowest BCUT2D eigenvalue weighted by atomic mass is 10.0. The Balaban J connectivity index is 2.50. The van der Waals surface area contributed by atoms with Crippen LogP contribution in [0, 0.1) is 17.8 Å². The van der Waals surface area contributed by atoms with Crippen LogP contribution in [0.3, 0.4) is 0 Å². The van der Waals surface area contributed by atoms with Crippen LogP contribution in [0.4, 0.5) is 0 Å². The highest BCUT2D eigenvalue weighted by molar-refractivity contribution is 5.81. The number of hydrazine groups is 1. The van der Waals surface area contributed by atoms with Gasteiger partial charge in [0.15, 0.2) is 0 Å². The van der Waals surface area contributed by atoms with Gasteiger partial charge in [0.05, 0.1) is 6.04 Å². The van der Waals surface area contributed by atoms with Gasteiger partial charge in [-0.3, -0.25) is 15.1 Å². The second-order valence-corrected chi connectivity index (χ2v) is 5.11. The Morgan fingerprint density at radius 3 is 2.47 bits per heavy atom. The van der Waals surface area contributed by atoms with E-state index < -0.39 is 0 Å². The summed E-state index contributed by atoms with van der Waals surface area (Å²) in [4.78, 5) is 13.7. The molecule has 15 heavy (non-hydrogen) atoms. The highest BCUT2D eigenvalue weighted by Gasteiger charge is 2.36. The highest BCUT2D eigenvalue weighted by atomic mass is 16.2. The van der Waals surface area contributed by atoms with Crippen molar-refractivity contribution in [1.82, 2.24) is 10.3 Å². The van der Waals surface area contributed by atoms with Crippen molar-refractivity contribution in [3.63, 3.8) is 0 Å². The summed E-state index contributed by atoms with van der Waals surface area (Å²) in [6.07, 6.45) is 1.29. The number of hydrogen-bond donors (Lipinski definition) is 2. The zero-order valence-electron chi connectivity index (χ0n) is 10.2.